The van der Waals surface area contributed by atoms with Crippen molar-refractivity contribution in [1.82, 2.24) is 0 Å². The van der Waals surface area contributed by atoms with Crippen LogP contribution in [0.3, 0.4) is 0 Å². The number of aryl methyl sites for hydroxylation is 3. The van der Waals surface area contributed by atoms with Crippen molar-refractivity contribution >= 4 is 11.3 Å². The summed E-state index contributed by atoms with van der Waals surface area (Å²) >= 11 is 0. The molecule has 5 rings (SSSR count). The lowest BCUT2D eigenvalue weighted by molar-refractivity contribution is 0.722. The number of nitrogens with zero attached hydrogens (tertiary/aromatic N) is 1. The minimum atomic E-state index is 0.967. The number of hydrogen-bond acceptors (Lipinski definition) is 1. The quantitative estimate of drug-likeness (QED) is 0.575. The molecule has 0 amide bonds. The van der Waals surface area contributed by atoms with Gasteiger partial charge in [-0.15, -0.1) is 0 Å². The molecule has 0 unspecified atom stereocenters. The molecule has 1 heteroatoms. The summed E-state index contributed by atoms with van der Waals surface area (Å²) < 4.78 is 0. The summed E-state index contributed by atoms with van der Waals surface area (Å²) in [6, 6.07) is 26.8. The van der Waals surface area contributed by atoms with Gasteiger partial charge in [0.15, 0.2) is 0 Å². The largest absolute Gasteiger partial charge is 0.368 e. The SMILES string of the molecule is C(CN1CCCc2ccccc21)=C1c2ccccc2CCc2ccccc21. The second kappa shape index (κ2) is 7.08. The van der Waals surface area contributed by atoms with E-state index in [1.54, 1.807) is 0 Å². The third kappa shape index (κ3) is 3.08. The lowest BCUT2D eigenvalue weighted by Gasteiger charge is -2.30. The average molecular weight is 351 g/mol. The van der Waals surface area contributed by atoms with Gasteiger partial charge in [0.25, 0.3) is 0 Å². The second-order valence-corrected chi connectivity index (χ2v) is 7.61. The molecule has 0 saturated heterocycles. The Morgan fingerprint density at radius 1 is 0.667 bits per heavy atom. The monoisotopic (exact) mass is 351 g/mol. The molecule has 1 aliphatic heterocycles. The molecule has 1 heterocycles. The summed E-state index contributed by atoms with van der Waals surface area (Å²) in [5.41, 5.74) is 10.1. The van der Waals surface area contributed by atoms with Gasteiger partial charge in [-0.1, -0.05) is 72.8 Å². The van der Waals surface area contributed by atoms with Gasteiger partial charge >= 0.3 is 0 Å². The third-order valence-electron chi connectivity index (χ3n) is 6.00. The molecule has 0 aromatic heterocycles. The summed E-state index contributed by atoms with van der Waals surface area (Å²) in [7, 11) is 0. The molecule has 0 atom stereocenters. The summed E-state index contributed by atoms with van der Waals surface area (Å²) in [5, 5.41) is 0. The molecule has 0 bridgehead atoms. The van der Waals surface area contributed by atoms with Crippen molar-refractivity contribution in [2.75, 3.05) is 18.0 Å². The number of hydrogen-bond donors (Lipinski definition) is 0. The van der Waals surface area contributed by atoms with Crippen molar-refractivity contribution in [3.8, 4) is 0 Å². The fraction of sp³-hybridized carbons (Fsp3) is 0.231. The minimum absolute atomic E-state index is 0.967. The molecule has 0 radical (unpaired) electrons. The van der Waals surface area contributed by atoms with Crippen molar-refractivity contribution in [1.29, 1.82) is 0 Å². The summed E-state index contributed by atoms with van der Waals surface area (Å²) in [6.07, 6.45) is 7.15. The van der Waals surface area contributed by atoms with Gasteiger partial charge in [0.2, 0.25) is 0 Å². The molecule has 3 aromatic carbocycles. The van der Waals surface area contributed by atoms with Crippen LogP contribution in [0.4, 0.5) is 5.69 Å². The molecule has 0 N–H and O–H groups in total. The van der Waals surface area contributed by atoms with E-state index >= 15 is 0 Å². The van der Waals surface area contributed by atoms with Crippen LogP contribution >= 0.6 is 0 Å². The first-order valence-electron chi connectivity index (χ1n) is 10.1. The number of fused-ring (bicyclic) bond motifs is 3. The number of benzene rings is 3. The number of rotatable bonds is 2. The van der Waals surface area contributed by atoms with Crippen LogP contribution in [-0.2, 0) is 19.3 Å². The molecule has 2 aliphatic rings. The molecule has 27 heavy (non-hydrogen) atoms. The van der Waals surface area contributed by atoms with Crippen LogP contribution in [0.5, 0.6) is 0 Å². The van der Waals surface area contributed by atoms with E-state index in [4.69, 9.17) is 0 Å². The lowest BCUT2D eigenvalue weighted by atomic mass is 9.93. The highest BCUT2D eigenvalue weighted by Gasteiger charge is 2.19. The minimum Gasteiger partial charge on any atom is -0.368 e. The highest BCUT2D eigenvalue weighted by molar-refractivity contribution is 5.84. The molecule has 1 nitrogen and oxygen atoms in total. The molecule has 0 saturated carbocycles. The van der Waals surface area contributed by atoms with Crippen LogP contribution < -0.4 is 4.90 Å². The molecule has 1 aliphatic carbocycles. The van der Waals surface area contributed by atoms with E-state index in [9.17, 15) is 0 Å². The Bertz CT molecular complexity index is 949. The molecule has 0 fully saturated rings. The van der Waals surface area contributed by atoms with Gasteiger partial charge in [-0.05, 0) is 65.1 Å². The maximum atomic E-state index is 2.54. The smallest absolute Gasteiger partial charge is 0.0401 e. The Labute approximate surface area is 162 Å². The van der Waals surface area contributed by atoms with E-state index in [2.05, 4.69) is 83.8 Å². The van der Waals surface area contributed by atoms with Gasteiger partial charge in [0.05, 0.1) is 0 Å². The molecule has 0 spiro atoms. The second-order valence-electron chi connectivity index (χ2n) is 7.61. The Balaban J connectivity index is 1.57. The molecule has 134 valence electrons. The predicted octanol–water partition coefficient (Wildman–Crippen LogP) is 5.67. The molecular weight excluding hydrogens is 326 g/mol. The van der Waals surface area contributed by atoms with Gasteiger partial charge in [-0.3, -0.25) is 0 Å². The highest BCUT2D eigenvalue weighted by atomic mass is 15.1. The van der Waals surface area contributed by atoms with Crippen LogP contribution in [0.2, 0.25) is 0 Å². The zero-order valence-corrected chi connectivity index (χ0v) is 15.7. The van der Waals surface area contributed by atoms with Crippen molar-refractivity contribution in [2.45, 2.75) is 25.7 Å². The normalized spacial score (nSPS) is 15.4. The van der Waals surface area contributed by atoms with Crippen molar-refractivity contribution in [2.24, 2.45) is 0 Å². The summed E-state index contributed by atoms with van der Waals surface area (Å²) in [5.74, 6) is 0. The van der Waals surface area contributed by atoms with Crippen molar-refractivity contribution < 1.29 is 0 Å². The van der Waals surface area contributed by atoms with Crippen LogP contribution in [0, 0.1) is 0 Å². The maximum Gasteiger partial charge on any atom is 0.0401 e. The number of para-hydroxylation sites is 1. The van der Waals surface area contributed by atoms with Gasteiger partial charge in [-0.25, -0.2) is 0 Å². The third-order valence-corrected chi connectivity index (χ3v) is 6.00. The lowest BCUT2D eigenvalue weighted by Crippen LogP contribution is -2.29. The molecular formula is C26H25N. The van der Waals surface area contributed by atoms with Crippen LogP contribution in [0.15, 0.2) is 78.9 Å². The van der Waals surface area contributed by atoms with E-state index in [0.717, 1.165) is 25.9 Å². The van der Waals surface area contributed by atoms with Gasteiger partial charge in [0.1, 0.15) is 0 Å². The van der Waals surface area contributed by atoms with Crippen molar-refractivity contribution in [3.63, 3.8) is 0 Å². The van der Waals surface area contributed by atoms with Gasteiger partial charge in [0, 0.05) is 18.8 Å². The van der Waals surface area contributed by atoms with E-state index < -0.39 is 0 Å². The van der Waals surface area contributed by atoms with Crippen LogP contribution in [0.1, 0.15) is 34.2 Å². The van der Waals surface area contributed by atoms with Crippen LogP contribution in [-0.4, -0.2) is 13.1 Å². The average Bonchev–Trinajstić information content (AvgIpc) is 2.89. The van der Waals surface area contributed by atoms with E-state index in [0.29, 0.717) is 0 Å². The van der Waals surface area contributed by atoms with Gasteiger partial charge in [-0.2, -0.15) is 0 Å². The topological polar surface area (TPSA) is 3.24 Å². The Morgan fingerprint density at radius 2 is 1.26 bits per heavy atom. The zero-order chi connectivity index (χ0) is 18.1. The van der Waals surface area contributed by atoms with E-state index in [1.165, 1.54) is 51.9 Å². The first-order valence-corrected chi connectivity index (χ1v) is 10.1. The Hall–Kier alpha value is -2.80. The first kappa shape index (κ1) is 16.4. The Morgan fingerprint density at radius 3 is 1.96 bits per heavy atom. The highest BCUT2D eigenvalue weighted by Crippen LogP contribution is 2.34. The standard InChI is InChI=1S/C26H25N/c1-4-12-23-20(8-1)15-16-21-9-2-5-13-24(21)25(23)17-19-27-18-7-11-22-10-3-6-14-26(22)27/h1-6,8-10,12-14,17H,7,11,15-16,18-19H2. The maximum absolute atomic E-state index is 2.54. The van der Waals surface area contributed by atoms with Crippen LogP contribution in [0.25, 0.3) is 5.57 Å². The summed E-state index contributed by atoms with van der Waals surface area (Å²) in [4.78, 5) is 2.54. The fourth-order valence-electron chi connectivity index (χ4n) is 4.64. The fourth-order valence-corrected chi connectivity index (χ4v) is 4.64. The van der Waals surface area contributed by atoms with Crippen molar-refractivity contribution in [3.05, 3.63) is 107 Å². The molecule has 3 aromatic rings. The summed E-state index contributed by atoms with van der Waals surface area (Å²) in [6.45, 7) is 2.11. The number of anilines is 1. The van der Waals surface area contributed by atoms with E-state index in [1.807, 2.05) is 0 Å². The van der Waals surface area contributed by atoms with E-state index in [-0.39, 0.29) is 0 Å². The first-order chi connectivity index (χ1) is 13.4. The predicted molar refractivity (Wildman–Crippen MR) is 114 cm³/mol. The van der Waals surface area contributed by atoms with Gasteiger partial charge < -0.3 is 4.90 Å². The zero-order valence-electron chi connectivity index (χ0n) is 15.7. The Kier molecular flexibility index (Phi) is 4.29.